The third kappa shape index (κ3) is 9.01. The number of ether oxygens (including phenoxy) is 3. The number of halogens is 3. The van der Waals surface area contributed by atoms with Crippen molar-refractivity contribution in [3.63, 3.8) is 0 Å². The van der Waals surface area contributed by atoms with Gasteiger partial charge in [-0.25, -0.2) is 23.1 Å². The third-order valence-corrected chi connectivity index (χ3v) is 11.8. The first kappa shape index (κ1) is 39.2. The summed E-state index contributed by atoms with van der Waals surface area (Å²) in [4.78, 5) is 17.0. The number of piperidine rings is 1. The molecule has 2 aliphatic carbocycles. The van der Waals surface area contributed by atoms with E-state index in [0.717, 1.165) is 64.2 Å². The molecule has 1 saturated carbocycles. The molecule has 2 aromatic heterocycles. The van der Waals surface area contributed by atoms with Gasteiger partial charge in [0.25, 0.3) is 0 Å². The summed E-state index contributed by atoms with van der Waals surface area (Å²) in [5.41, 5.74) is 7.46. The van der Waals surface area contributed by atoms with E-state index < -0.39 is 12.1 Å². The van der Waals surface area contributed by atoms with Crippen molar-refractivity contribution in [2.75, 3.05) is 31.7 Å². The van der Waals surface area contributed by atoms with Crippen LogP contribution in [0.1, 0.15) is 140 Å². The zero-order valence-electron chi connectivity index (χ0n) is 32.9. The van der Waals surface area contributed by atoms with Gasteiger partial charge in [-0.05, 0) is 92.5 Å². The van der Waals surface area contributed by atoms with Crippen LogP contribution in [0.4, 0.5) is 19.1 Å². The van der Waals surface area contributed by atoms with Crippen molar-refractivity contribution in [3.05, 3.63) is 111 Å². The fourth-order valence-electron chi connectivity index (χ4n) is 8.80. The molecule has 7 nitrogen and oxygen atoms in total. The second kappa shape index (κ2) is 16.6. The second-order valence-electron chi connectivity index (χ2n) is 16.6. The zero-order valence-corrected chi connectivity index (χ0v) is 32.9. The van der Waals surface area contributed by atoms with Crippen molar-refractivity contribution in [1.82, 2.24) is 15.0 Å². The molecule has 10 heteroatoms. The SMILES string of the molecule is CCOCc1cnc(N2CCC(c3nc4c(c(C5CCC(F)(F)CC5)c3[C@@H](F)c3ccc(C)cc3)[C@@H](OCc3ccc(OC)cc3)CC(C)(C)C4)CC2)nc1. The monoisotopic (exact) mass is 756 g/mol. The van der Waals surface area contributed by atoms with E-state index in [2.05, 4.69) is 28.7 Å². The third-order valence-electron chi connectivity index (χ3n) is 11.8. The first-order chi connectivity index (χ1) is 26.4. The Morgan fingerprint density at radius 3 is 2.16 bits per heavy atom. The summed E-state index contributed by atoms with van der Waals surface area (Å²) in [6, 6.07) is 15.4. The number of hydrogen-bond acceptors (Lipinski definition) is 7. The van der Waals surface area contributed by atoms with Crippen molar-refractivity contribution < 1.29 is 27.4 Å². The lowest BCUT2D eigenvalue weighted by atomic mass is 9.68. The molecule has 2 atom stereocenters. The van der Waals surface area contributed by atoms with Crippen molar-refractivity contribution in [2.24, 2.45) is 5.41 Å². The number of hydrogen-bond donors (Lipinski definition) is 0. The fourth-order valence-corrected chi connectivity index (χ4v) is 8.80. The van der Waals surface area contributed by atoms with Crippen LogP contribution in [0.15, 0.2) is 60.9 Å². The van der Waals surface area contributed by atoms with Gasteiger partial charge >= 0.3 is 0 Å². The predicted molar refractivity (Wildman–Crippen MR) is 209 cm³/mol. The maximum atomic E-state index is 17.7. The fraction of sp³-hybridized carbons (Fsp3) is 0.533. The van der Waals surface area contributed by atoms with Crippen molar-refractivity contribution in [3.8, 4) is 5.75 Å². The molecule has 0 spiro atoms. The van der Waals surface area contributed by atoms with E-state index in [9.17, 15) is 8.78 Å². The molecule has 3 aliphatic rings. The number of alkyl halides is 3. The van der Waals surface area contributed by atoms with Gasteiger partial charge in [-0.15, -0.1) is 0 Å². The van der Waals surface area contributed by atoms with Gasteiger partial charge in [-0.1, -0.05) is 55.8 Å². The van der Waals surface area contributed by atoms with Gasteiger partial charge in [0.1, 0.15) is 5.75 Å². The van der Waals surface area contributed by atoms with Gasteiger partial charge in [0.15, 0.2) is 6.17 Å². The molecule has 7 rings (SSSR count). The van der Waals surface area contributed by atoms with Gasteiger partial charge in [0.05, 0.1) is 32.1 Å². The molecular formula is C45H55F3N4O3. The van der Waals surface area contributed by atoms with Crippen LogP contribution in [0.2, 0.25) is 0 Å². The van der Waals surface area contributed by atoms with Gasteiger partial charge in [0.2, 0.25) is 11.9 Å². The minimum Gasteiger partial charge on any atom is -0.497 e. The van der Waals surface area contributed by atoms with Gasteiger partial charge < -0.3 is 19.1 Å². The normalized spacial score (nSPS) is 20.6. The summed E-state index contributed by atoms with van der Waals surface area (Å²) in [6.07, 6.45) is 4.86. The summed E-state index contributed by atoms with van der Waals surface area (Å²) in [5.74, 6) is -1.54. The lowest BCUT2D eigenvalue weighted by Gasteiger charge is -2.42. The molecule has 55 heavy (non-hydrogen) atoms. The zero-order chi connectivity index (χ0) is 38.7. The number of aryl methyl sites for hydroxylation is 1. The lowest BCUT2D eigenvalue weighted by Crippen LogP contribution is -2.36. The molecular weight excluding hydrogens is 702 g/mol. The highest BCUT2D eigenvalue weighted by Gasteiger charge is 2.44. The minimum atomic E-state index is -2.72. The van der Waals surface area contributed by atoms with E-state index in [0.29, 0.717) is 69.2 Å². The van der Waals surface area contributed by atoms with E-state index in [1.165, 1.54) is 0 Å². The first-order valence-electron chi connectivity index (χ1n) is 20.0. The van der Waals surface area contributed by atoms with Crippen LogP contribution >= 0.6 is 0 Å². The average molecular weight is 757 g/mol. The number of aromatic nitrogens is 3. The number of rotatable bonds is 12. The maximum Gasteiger partial charge on any atom is 0.248 e. The number of pyridine rings is 1. The number of nitrogens with zero attached hydrogens (tertiary/aromatic N) is 4. The van der Waals surface area contributed by atoms with Crippen LogP contribution in [0.5, 0.6) is 5.75 Å². The number of anilines is 1. The Bertz CT molecular complexity index is 1880. The average Bonchev–Trinajstić information content (AvgIpc) is 3.18. The number of benzene rings is 2. The van der Waals surface area contributed by atoms with Crippen molar-refractivity contribution in [2.45, 2.75) is 122 Å². The predicted octanol–water partition coefficient (Wildman–Crippen LogP) is 10.7. The van der Waals surface area contributed by atoms with Gasteiger partial charge in [0, 0.05) is 73.2 Å². The molecule has 0 radical (unpaired) electrons. The van der Waals surface area contributed by atoms with Gasteiger partial charge in [-0.3, -0.25) is 4.98 Å². The highest BCUT2D eigenvalue weighted by molar-refractivity contribution is 5.51. The van der Waals surface area contributed by atoms with E-state index in [1.807, 2.05) is 74.8 Å². The molecule has 0 N–H and O–H groups in total. The standard InChI is InChI=1S/C45H55F3N4O3/c1-6-54-27-31-25-49-43(50-26-31)52-21-17-34(18-22-52)42-40(41(46)33-11-7-29(2)8-12-33)38(32-15-19-45(47,48)20-16-32)39-36(51-42)23-44(3,4)24-37(39)55-28-30-9-13-35(53-5)14-10-30/h7-14,25-26,32,34,37,41H,6,15-24,27-28H2,1-5H3/t37-,41-/m0/s1. The van der Waals surface area contributed by atoms with Crippen LogP contribution in [0.25, 0.3) is 0 Å². The van der Waals surface area contributed by atoms with Crippen LogP contribution in [-0.4, -0.2) is 47.7 Å². The molecule has 1 saturated heterocycles. The number of methoxy groups -OCH3 is 1. The Morgan fingerprint density at radius 1 is 0.855 bits per heavy atom. The molecule has 2 fully saturated rings. The number of fused-ring (bicyclic) bond motifs is 1. The highest BCUT2D eigenvalue weighted by atomic mass is 19.3. The van der Waals surface area contributed by atoms with Crippen molar-refractivity contribution >= 4 is 5.95 Å². The molecule has 4 aromatic rings. The molecule has 0 amide bonds. The topological polar surface area (TPSA) is 69.6 Å². The van der Waals surface area contributed by atoms with Crippen LogP contribution < -0.4 is 9.64 Å². The second-order valence-corrected chi connectivity index (χ2v) is 16.6. The Kier molecular flexibility index (Phi) is 11.8. The summed E-state index contributed by atoms with van der Waals surface area (Å²) >= 11 is 0. The Balaban J connectivity index is 1.31. The Labute approximate surface area is 324 Å². The highest BCUT2D eigenvalue weighted by Crippen LogP contribution is 2.53. The Hall–Kier alpha value is -4.02. The van der Waals surface area contributed by atoms with E-state index >= 15 is 4.39 Å². The smallest absolute Gasteiger partial charge is 0.248 e. The van der Waals surface area contributed by atoms with E-state index in [-0.39, 0.29) is 36.2 Å². The minimum absolute atomic E-state index is 0.0232. The largest absolute Gasteiger partial charge is 0.497 e. The van der Waals surface area contributed by atoms with Gasteiger partial charge in [-0.2, -0.15) is 0 Å². The molecule has 3 heterocycles. The molecule has 2 aromatic carbocycles. The molecule has 1 aliphatic heterocycles. The lowest BCUT2D eigenvalue weighted by molar-refractivity contribution is -0.0390. The summed E-state index contributed by atoms with van der Waals surface area (Å²) in [7, 11) is 1.64. The summed E-state index contributed by atoms with van der Waals surface area (Å²) in [6.45, 7) is 11.3. The van der Waals surface area contributed by atoms with Crippen molar-refractivity contribution in [1.29, 1.82) is 0 Å². The van der Waals surface area contributed by atoms with Crippen LogP contribution in [-0.2, 0) is 29.1 Å². The molecule has 0 unspecified atom stereocenters. The van der Waals surface area contributed by atoms with E-state index in [1.54, 1.807) is 7.11 Å². The molecule has 294 valence electrons. The van der Waals surface area contributed by atoms with Crippen LogP contribution in [0.3, 0.4) is 0 Å². The quantitative estimate of drug-likeness (QED) is 0.143. The first-order valence-corrected chi connectivity index (χ1v) is 20.0. The summed E-state index contributed by atoms with van der Waals surface area (Å²) < 4.78 is 65.1. The van der Waals surface area contributed by atoms with E-state index in [4.69, 9.17) is 19.2 Å². The maximum absolute atomic E-state index is 17.7. The summed E-state index contributed by atoms with van der Waals surface area (Å²) in [5, 5.41) is 0. The van der Waals surface area contributed by atoms with Crippen LogP contribution in [0, 0.1) is 12.3 Å². The molecule has 0 bridgehead atoms. The Morgan fingerprint density at radius 2 is 1.53 bits per heavy atom.